The largest absolute Gasteiger partial charge is 0.494 e. The Bertz CT molecular complexity index is 800. The maximum Gasteiger partial charge on any atom is 0.227 e. The average molecular weight is 366 g/mol. The number of ether oxygens (including phenoxy) is 1. The Kier molecular flexibility index (Phi) is 5.34. The van der Waals surface area contributed by atoms with E-state index in [1.165, 1.54) is 0 Å². The van der Waals surface area contributed by atoms with Gasteiger partial charge in [-0.2, -0.15) is 0 Å². The van der Waals surface area contributed by atoms with Crippen molar-refractivity contribution in [3.8, 4) is 5.75 Å². The van der Waals surface area contributed by atoms with E-state index in [4.69, 9.17) is 9.72 Å². The lowest BCUT2D eigenvalue weighted by atomic mass is 10.0. The van der Waals surface area contributed by atoms with Gasteiger partial charge in [0, 0.05) is 43.7 Å². The number of benzene rings is 1. The van der Waals surface area contributed by atoms with Gasteiger partial charge in [0.1, 0.15) is 11.6 Å². The van der Waals surface area contributed by atoms with Crippen molar-refractivity contribution in [1.82, 2.24) is 20.2 Å². The van der Waals surface area contributed by atoms with Gasteiger partial charge in [0.2, 0.25) is 5.91 Å². The van der Waals surface area contributed by atoms with Crippen LogP contribution in [0.3, 0.4) is 0 Å². The van der Waals surface area contributed by atoms with Gasteiger partial charge in [-0.1, -0.05) is 12.1 Å². The molecule has 0 aliphatic carbocycles. The number of carbonyl (C=O) groups is 1. The molecule has 1 atom stereocenters. The zero-order valence-corrected chi connectivity index (χ0v) is 15.8. The van der Waals surface area contributed by atoms with E-state index < -0.39 is 0 Å². The van der Waals surface area contributed by atoms with Gasteiger partial charge < -0.3 is 15.0 Å². The van der Waals surface area contributed by atoms with Gasteiger partial charge in [0.15, 0.2) is 0 Å². The van der Waals surface area contributed by atoms with Crippen LogP contribution in [0.1, 0.15) is 41.9 Å². The molecule has 0 spiro atoms. The van der Waals surface area contributed by atoms with Crippen molar-refractivity contribution < 1.29 is 9.53 Å². The van der Waals surface area contributed by atoms with E-state index in [2.05, 4.69) is 10.3 Å². The standard InChI is InChI=1S/C21H26N4O2/c1-2-27-18-5-3-15(4-6-18)11-20(26)25-10-8-19-17(14-25)13-23-21(24-19)16-7-9-22-12-16/h3-6,13,16,22H,2,7-12,14H2,1H3/t16-/m1/s1. The summed E-state index contributed by atoms with van der Waals surface area (Å²) in [6.07, 6.45) is 4.24. The maximum atomic E-state index is 12.7. The molecule has 2 aliphatic heterocycles. The molecule has 1 saturated heterocycles. The van der Waals surface area contributed by atoms with Gasteiger partial charge >= 0.3 is 0 Å². The number of fused-ring (bicyclic) bond motifs is 1. The van der Waals surface area contributed by atoms with Crippen LogP contribution in [0.15, 0.2) is 30.5 Å². The normalized spacial score (nSPS) is 19.0. The van der Waals surface area contributed by atoms with Crippen molar-refractivity contribution in [2.24, 2.45) is 0 Å². The molecular weight excluding hydrogens is 340 g/mol. The van der Waals surface area contributed by atoms with Crippen molar-refractivity contribution in [2.75, 3.05) is 26.2 Å². The van der Waals surface area contributed by atoms with Crippen LogP contribution in [-0.4, -0.2) is 47.0 Å². The van der Waals surface area contributed by atoms with Crippen molar-refractivity contribution in [2.45, 2.75) is 38.6 Å². The highest BCUT2D eigenvalue weighted by molar-refractivity contribution is 5.79. The van der Waals surface area contributed by atoms with Crippen LogP contribution < -0.4 is 10.1 Å². The fourth-order valence-electron chi connectivity index (χ4n) is 3.77. The molecule has 0 unspecified atom stereocenters. The molecule has 3 heterocycles. The van der Waals surface area contributed by atoms with Gasteiger partial charge in [-0.25, -0.2) is 9.97 Å². The molecule has 1 aromatic heterocycles. The summed E-state index contributed by atoms with van der Waals surface area (Å²) in [5, 5.41) is 3.37. The topological polar surface area (TPSA) is 67.3 Å². The lowest BCUT2D eigenvalue weighted by Crippen LogP contribution is -2.37. The maximum absolute atomic E-state index is 12.7. The predicted octanol–water partition coefficient (Wildman–Crippen LogP) is 2.08. The van der Waals surface area contributed by atoms with E-state index in [0.717, 1.165) is 60.9 Å². The molecule has 2 aliphatic rings. The van der Waals surface area contributed by atoms with Crippen LogP contribution in [-0.2, 0) is 24.2 Å². The molecule has 2 aromatic rings. The Morgan fingerprint density at radius 2 is 2.19 bits per heavy atom. The summed E-state index contributed by atoms with van der Waals surface area (Å²) in [6.45, 7) is 5.94. The summed E-state index contributed by atoms with van der Waals surface area (Å²) in [4.78, 5) is 24.0. The number of hydrogen-bond donors (Lipinski definition) is 1. The van der Waals surface area contributed by atoms with Crippen molar-refractivity contribution in [3.05, 3.63) is 53.1 Å². The first kappa shape index (κ1) is 17.9. The number of amides is 1. The highest BCUT2D eigenvalue weighted by Gasteiger charge is 2.25. The first-order chi connectivity index (χ1) is 13.2. The zero-order chi connectivity index (χ0) is 18.6. The molecule has 6 nitrogen and oxygen atoms in total. The second kappa shape index (κ2) is 8.05. The molecule has 4 rings (SSSR count). The number of carbonyl (C=O) groups excluding carboxylic acids is 1. The number of nitrogens with zero attached hydrogens (tertiary/aromatic N) is 3. The quantitative estimate of drug-likeness (QED) is 0.878. The Labute approximate surface area is 160 Å². The highest BCUT2D eigenvalue weighted by Crippen LogP contribution is 2.23. The fraction of sp³-hybridized carbons (Fsp3) is 0.476. The van der Waals surface area contributed by atoms with E-state index >= 15 is 0 Å². The van der Waals surface area contributed by atoms with Crippen LogP contribution in [0, 0.1) is 0 Å². The molecular formula is C21H26N4O2. The molecule has 0 radical (unpaired) electrons. The van der Waals surface area contributed by atoms with Crippen LogP contribution in [0.2, 0.25) is 0 Å². The Balaban J connectivity index is 1.39. The fourth-order valence-corrected chi connectivity index (χ4v) is 3.77. The summed E-state index contributed by atoms with van der Waals surface area (Å²) < 4.78 is 5.45. The Morgan fingerprint density at radius 3 is 2.93 bits per heavy atom. The number of rotatable bonds is 5. The van der Waals surface area contributed by atoms with Crippen LogP contribution in [0.25, 0.3) is 0 Å². The van der Waals surface area contributed by atoms with Gasteiger partial charge in [-0.05, 0) is 37.6 Å². The molecule has 142 valence electrons. The van der Waals surface area contributed by atoms with Crippen LogP contribution >= 0.6 is 0 Å². The van der Waals surface area contributed by atoms with Gasteiger partial charge in [-0.3, -0.25) is 4.79 Å². The minimum absolute atomic E-state index is 0.147. The summed E-state index contributed by atoms with van der Waals surface area (Å²) in [5.74, 6) is 2.36. The Hall–Kier alpha value is -2.47. The molecule has 0 saturated carbocycles. The van der Waals surface area contributed by atoms with E-state index in [1.807, 2.05) is 42.3 Å². The van der Waals surface area contributed by atoms with E-state index in [0.29, 0.717) is 25.5 Å². The molecule has 1 amide bonds. The third-order valence-corrected chi connectivity index (χ3v) is 5.32. The van der Waals surface area contributed by atoms with Crippen LogP contribution in [0.5, 0.6) is 5.75 Å². The lowest BCUT2D eigenvalue weighted by Gasteiger charge is -2.28. The molecule has 1 aromatic carbocycles. The summed E-state index contributed by atoms with van der Waals surface area (Å²) >= 11 is 0. The molecule has 1 fully saturated rings. The average Bonchev–Trinajstić information content (AvgIpc) is 3.24. The minimum atomic E-state index is 0.147. The smallest absolute Gasteiger partial charge is 0.227 e. The zero-order valence-electron chi connectivity index (χ0n) is 15.8. The second-order valence-corrected chi connectivity index (χ2v) is 7.21. The SMILES string of the molecule is CCOc1ccc(CC(=O)N2CCc3nc([C@@H]4CCNC4)ncc3C2)cc1. The minimum Gasteiger partial charge on any atom is -0.494 e. The summed E-state index contributed by atoms with van der Waals surface area (Å²) in [5.41, 5.74) is 3.20. The van der Waals surface area contributed by atoms with Crippen LogP contribution in [0.4, 0.5) is 0 Å². The van der Waals surface area contributed by atoms with E-state index in [9.17, 15) is 4.79 Å². The van der Waals surface area contributed by atoms with Crippen molar-refractivity contribution in [3.63, 3.8) is 0 Å². The molecule has 1 N–H and O–H groups in total. The number of hydrogen-bond acceptors (Lipinski definition) is 5. The summed E-state index contributed by atoms with van der Waals surface area (Å²) in [6, 6.07) is 7.77. The van der Waals surface area contributed by atoms with Crippen molar-refractivity contribution >= 4 is 5.91 Å². The monoisotopic (exact) mass is 366 g/mol. The van der Waals surface area contributed by atoms with Crippen molar-refractivity contribution in [1.29, 1.82) is 0 Å². The first-order valence-electron chi connectivity index (χ1n) is 9.78. The predicted molar refractivity (Wildman–Crippen MR) is 103 cm³/mol. The lowest BCUT2D eigenvalue weighted by molar-refractivity contribution is -0.131. The molecule has 27 heavy (non-hydrogen) atoms. The van der Waals surface area contributed by atoms with E-state index in [-0.39, 0.29) is 5.91 Å². The molecule has 6 heteroatoms. The number of nitrogens with one attached hydrogen (secondary N) is 1. The van der Waals surface area contributed by atoms with E-state index in [1.54, 1.807) is 0 Å². The third-order valence-electron chi connectivity index (χ3n) is 5.32. The molecule has 0 bridgehead atoms. The summed E-state index contributed by atoms with van der Waals surface area (Å²) in [7, 11) is 0. The third kappa shape index (κ3) is 4.11. The Morgan fingerprint density at radius 1 is 1.33 bits per heavy atom. The van der Waals surface area contributed by atoms with Gasteiger partial charge in [0.05, 0.1) is 18.7 Å². The second-order valence-electron chi connectivity index (χ2n) is 7.21. The highest BCUT2D eigenvalue weighted by atomic mass is 16.5. The first-order valence-corrected chi connectivity index (χ1v) is 9.78. The van der Waals surface area contributed by atoms with Gasteiger partial charge in [0.25, 0.3) is 0 Å². The van der Waals surface area contributed by atoms with Gasteiger partial charge in [-0.15, -0.1) is 0 Å². The number of aromatic nitrogens is 2.